The standard InChI is InChI=1S/C15H22N2O4S2/c1-21-11-13(18)16-12-4-5-15(12)6-8-17(9-7-15)23(19,20)14-3-2-10-22-14/h2-3,10,12H,4-9,11H2,1H3,(H,16,18). The number of thiophene rings is 1. The second-order valence-corrected chi connectivity index (χ2v) is 9.40. The molecule has 1 N–H and O–H groups in total. The third-order valence-corrected chi connectivity index (χ3v) is 8.36. The molecule has 1 aromatic rings. The van der Waals surface area contributed by atoms with E-state index < -0.39 is 10.0 Å². The molecular formula is C15H22N2O4S2. The van der Waals surface area contributed by atoms with E-state index >= 15 is 0 Å². The first-order valence-electron chi connectivity index (χ1n) is 7.80. The number of carbonyl (C=O) groups is 1. The van der Waals surface area contributed by atoms with Crippen LogP contribution in [0.1, 0.15) is 25.7 Å². The number of nitrogens with one attached hydrogen (secondary N) is 1. The minimum Gasteiger partial charge on any atom is -0.375 e. The molecule has 1 saturated carbocycles. The van der Waals surface area contributed by atoms with Crippen molar-refractivity contribution >= 4 is 27.3 Å². The molecule has 23 heavy (non-hydrogen) atoms. The summed E-state index contributed by atoms with van der Waals surface area (Å²) in [5, 5.41) is 4.81. The van der Waals surface area contributed by atoms with E-state index in [4.69, 9.17) is 4.74 Å². The van der Waals surface area contributed by atoms with Gasteiger partial charge in [0, 0.05) is 26.2 Å². The molecule has 0 bridgehead atoms. The molecule has 2 heterocycles. The van der Waals surface area contributed by atoms with Gasteiger partial charge in [-0.25, -0.2) is 8.42 Å². The molecule has 128 valence electrons. The van der Waals surface area contributed by atoms with Crippen LogP contribution in [-0.2, 0) is 19.6 Å². The van der Waals surface area contributed by atoms with E-state index in [1.165, 1.54) is 18.4 Å². The summed E-state index contributed by atoms with van der Waals surface area (Å²) < 4.78 is 32.0. The molecule has 6 nitrogen and oxygen atoms in total. The molecule has 0 aromatic carbocycles. The zero-order valence-electron chi connectivity index (χ0n) is 13.2. The number of sulfonamides is 1. The number of rotatable bonds is 5. The van der Waals surface area contributed by atoms with Gasteiger partial charge >= 0.3 is 0 Å². The Bertz CT molecular complexity index is 649. The number of methoxy groups -OCH3 is 1. The van der Waals surface area contributed by atoms with Gasteiger partial charge in [-0.05, 0) is 42.5 Å². The highest BCUT2D eigenvalue weighted by atomic mass is 32.2. The molecule has 1 saturated heterocycles. The average Bonchev–Trinajstić information content (AvgIpc) is 3.07. The maximum absolute atomic E-state index is 12.6. The molecule has 8 heteroatoms. The molecule has 1 atom stereocenters. The molecule has 2 fully saturated rings. The van der Waals surface area contributed by atoms with Gasteiger partial charge in [-0.15, -0.1) is 11.3 Å². The predicted molar refractivity (Wildman–Crippen MR) is 87.8 cm³/mol. The highest BCUT2D eigenvalue weighted by molar-refractivity contribution is 7.91. The van der Waals surface area contributed by atoms with Crippen molar-refractivity contribution in [1.29, 1.82) is 0 Å². The first-order valence-corrected chi connectivity index (χ1v) is 10.1. The van der Waals surface area contributed by atoms with Gasteiger partial charge in [0.25, 0.3) is 10.0 Å². The van der Waals surface area contributed by atoms with E-state index in [-0.39, 0.29) is 24.0 Å². The topological polar surface area (TPSA) is 75.7 Å². The minimum atomic E-state index is -3.36. The highest BCUT2D eigenvalue weighted by Crippen LogP contribution is 2.49. The van der Waals surface area contributed by atoms with Crippen LogP contribution in [0.15, 0.2) is 21.7 Å². The second kappa shape index (κ2) is 6.51. The third-order valence-electron chi connectivity index (χ3n) is 5.09. The molecule has 1 aliphatic heterocycles. The summed E-state index contributed by atoms with van der Waals surface area (Å²) in [5.74, 6) is -0.0924. The first-order chi connectivity index (χ1) is 11.0. The predicted octanol–water partition coefficient (Wildman–Crippen LogP) is 1.44. The molecule has 1 amide bonds. The fourth-order valence-corrected chi connectivity index (χ4v) is 6.18. The van der Waals surface area contributed by atoms with Crippen molar-refractivity contribution < 1.29 is 17.9 Å². The normalized spacial score (nSPS) is 24.3. The zero-order valence-corrected chi connectivity index (χ0v) is 14.8. The van der Waals surface area contributed by atoms with Crippen LogP contribution in [0.4, 0.5) is 0 Å². The van der Waals surface area contributed by atoms with Crippen LogP contribution in [-0.4, -0.2) is 51.5 Å². The lowest BCUT2D eigenvalue weighted by Crippen LogP contribution is -2.59. The Morgan fingerprint density at radius 3 is 2.70 bits per heavy atom. The van der Waals surface area contributed by atoms with Gasteiger partial charge in [-0.2, -0.15) is 4.31 Å². The van der Waals surface area contributed by atoms with Gasteiger partial charge < -0.3 is 10.1 Å². The van der Waals surface area contributed by atoms with Crippen molar-refractivity contribution in [2.24, 2.45) is 5.41 Å². The smallest absolute Gasteiger partial charge is 0.252 e. The number of ether oxygens (including phenoxy) is 1. The fourth-order valence-electron chi connectivity index (χ4n) is 3.60. The third kappa shape index (κ3) is 3.17. The Hall–Kier alpha value is -0.960. The van der Waals surface area contributed by atoms with Gasteiger partial charge in [0.05, 0.1) is 0 Å². The van der Waals surface area contributed by atoms with E-state index in [0.29, 0.717) is 17.3 Å². The molecule has 1 aromatic heterocycles. The number of nitrogens with zero attached hydrogens (tertiary/aromatic N) is 1. The van der Waals surface area contributed by atoms with E-state index in [0.717, 1.165) is 25.7 Å². The Balaban J connectivity index is 1.61. The Labute approximate surface area is 140 Å². The summed E-state index contributed by atoms with van der Waals surface area (Å²) in [5.41, 5.74) is 0.0604. The van der Waals surface area contributed by atoms with E-state index in [2.05, 4.69) is 5.32 Å². The monoisotopic (exact) mass is 358 g/mol. The van der Waals surface area contributed by atoms with E-state index in [1.807, 2.05) is 0 Å². The highest BCUT2D eigenvalue weighted by Gasteiger charge is 2.50. The quantitative estimate of drug-likeness (QED) is 0.864. The number of carbonyl (C=O) groups excluding carboxylic acids is 1. The summed E-state index contributed by atoms with van der Waals surface area (Å²) in [6.07, 6.45) is 3.62. The van der Waals surface area contributed by atoms with Crippen molar-refractivity contribution in [3.63, 3.8) is 0 Å². The van der Waals surface area contributed by atoms with E-state index in [1.54, 1.807) is 21.8 Å². The van der Waals surface area contributed by atoms with Crippen LogP contribution in [0.2, 0.25) is 0 Å². The number of piperidine rings is 1. The molecule has 2 aliphatic rings. The maximum atomic E-state index is 12.6. The van der Waals surface area contributed by atoms with Gasteiger partial charge in [0.15, 0.2) is 0 Å². The number of amides is 1. The summed E-state index contributed by atoms with van der Waals surface area (Å²) >= 11 is 1.26. The largest absolute Gasteiger partial charge is 0.375 e. The molecule has 1 aliphatic carbocycles. The first kappa shape index (κ1) is 16.9. The molecule has 1 unspecified atom stereocenters. The van der Waals surface area contributed by atoms with Crippen LogP contribution in [0.5, 0.6) is 0 Å². The number of hydrogen-bond acceptors (Lipinski definition) is 5. The fraction of sp³-hybridized carbons (Fsp3) is 0.667. The van der Waals surface area contributed by atoms with Gasteiger partial charge in [-0.3, -0.25) is 4.79 Å². The zero-order chi connectivity index (χ0) is 16.5. The summed E-state index contributed by atoms with van der Waals surface area (Å²) in [4.78, 5) is 11.7. The van der Waals surface area contributed by atoms with Crippen molar-refractivity contribution in [3.05, 3.63) is 17.5 Å². The van der Waals surface area contributed by atoms with Gasteiger partial charge in [0.1, 0.15) is 10.8 Å². The Morgan fingerprint density at radius 1 is 1.43 bits per heavy atom. The maximum Gasteiger partial charge on any atom is 0.252 e. The Morgan fingerprint density at radius 2 is 2.17 bits per heavy atom. The van der Waals surface area contributed by atoms with Crippen molar-refractivity contribution in [2.45, 2.75) is 35.9 Å². The summed E-state index contributed by atoms with van der Waals surface area (Å²) in [6, 6.07) is 3.56. The lowest BCUT2D eigenvalue weighted by Gasteiger charge is -2.53. The van der Waals surface area contributed by atoms with Gasteiger partial charge in [0.2, 0.25) is 5.91 Å². The summed E-state index contributed by atoms with van der Waals surface area (Å²) in [7, 11) is -1.85. The van der Waals surface area contributed by atoms with Crippen LogP contribution >= 0.6 is 11.3 Å². The molecule has 3 rings (SSSR count). The van der Waals surface area contributed by atoms with Crippen molar-refractivity contribution in [3.8, 4) is 0 Å². The van der Waals surface area contributed by atoms with E-state index in [9.17, 15) is 13.2 Å². The second-order valence-electron chi connectivity index (χ2n) is 6.29. The average molecular weight is 358 g/mol. The van der Waals surface area contributed by atoms with Crippen LogP contribution in [0.3, 0.4) is 0 Å². The van der Waals surface area contributed by atoms with Crippen LogP contribution in [0.25, 0.3) is 0 Å². The summed E-state index contributed by atoms with van der Waals surface area (Å²) in [6.45, 7) is 1.12. The van der Waals surface area contributed by atoms with Crippen LogP contribution < -0.4 is 5.32 Å². The molecule has 0 radical (unpaired) electrons. The van der Waals surface area contributed by atoms with Crippen molar-refractivity contribution in [1.82, 2.24) is 9.62 Å². The lowest BCUT2D eigenvalue weighted by atomic mass is 9.59. The Kier molecular flexibility index (Phi) is 4.78. The molecular weight excluding hydrogens is 336 g/mol. The number of hydrogen-bond donors (Lipinski definition) is 1. The van der Waals surface area contributed by atoms with Crippen LogP contribution in [0, 0.1) is 5.41 Å². The molecule has 1 spiro atoms. The lowest BCUT2D eigenvalue weighted by molar-refractivity contribution is -0.128. The van der Waals surface area contributed by atoms with Gasteiger partial charge in [-0.1, -0.05) is 6.07 Å². The van der Waals surface area contributed by atoms with Crippen molar-refractivity contribution in [2.75, 3.05) is 26.8 Å². The minimum absolute atomic E-state index is 0.0604. The SMILES string of the molecule is COCC(=O)NC1CCC12CCN(S(=O)(=O)c1cccs1)CC2.